The number of aliphatic hydroxyl groups is 1. The van der Waals surface area contributed by atoms with E-state index in [4.69, 9.17) is 4.74 Å². The normalized spacial score (nSPS) is 30.0. The molecule has 4 nitrogen and oxygen atoms in total. The number of esters is 1. The SMILES string of the molecule is O=C(O[C@@H]1CC[N+]2(CCCC2)C1)[C@](O)(c1ccccc1)[C@@H]1CCC(F)(F)C1.[Br-]. The van der Waals surface area contributed by atoms with Gasteiger partial charge < -0.3 is 31.3 Å². The van der Waals surface area contributed by atoms with Crippen LogP contribution in [0, 0.1) is 5.92 Å². The number of benzene rings is 1. The average Bonchev–Trinajstić information content (AvgIpc) is 3.37. The Labute approximate surface area is 175 Å². The van der Waals surface area contributed by atoms with E-state index in [0.29, 0.717) is 5.56 Å². The molecular formula is C21H28BrF2NO3. The van der Waals surface area contributed by atoms with Crippen LogP contribution in [0.4, 0.5) is 8.78 Å². The number of ether oxygens (including phenoxy) is 1. The molecule has 4 rings (SSSR count). The van der Waals surface area contributed by atoms with Crippen LogP contribution in [0.3, 0.4) is 0 Å². The molecule has 1 spiro atoms. The Morgan fingerprint density at radius 3 is 2.43 bits per heavy atom. The Morgan fingerprint density at radius 2 is 1.82 bits per heavy atom. The van der Waals surface area contributed by atoms with Crippen LogP contribution in [0.15, 0.2) is 30.3 Å². The molecule has 0 unspecified atom stereocenters. The van der Waals surface area contributed by atoms with Gasteiger partial charge in [-0.2, -0.15) is 0 Å². The van der Waals surface area contributed by atoms with Gasteiger partial charge >= 0.3 is 5.97 Å². The summed E-state index contributed by atoms with van der Waals surface area (Å²) < 4.78 is 34.4. The van der Waals surface area contributed by atoms with E-state index < -0.39 is 29.8 Å². The van der Waals surface area contributed by atoms with E-state index in [2.05, 4.69) is 0 Å². The molecule has 0 bridgehead atoms. The summed E-state index contributed by atoms with van der Waals surface area (Å²) in [7, 11) is 0. The predicted octanol–water partition coefficient (Wildman–Crippen LogP) is 0.240. The number of halogens is 3. The molecule has 1 aliphatic carbocycles. The highest BCUT2D eigenvalue weighted by atomic mass is 79.9. The highest BCUT2D eigenvalue weighted by Crippen LogP contribution is 2.48. The van der Waals surface area contributed by atoms with E-state index in [1.807, 2.05) is 0 Å². The van der Waals surface area contributed by atoms with Gasteiger partial charge in [0.25, 0.3) is 0 Å². The van der Waals surface area contributed by atoms with Crippen molar-refractivity contribution in [2.75, 3.05) is 26.2 Å². The predicted molar refractivity (Wildman–Crippen MR) is 96.1 cm³/mol. The second-order valence-corrected chi connectivity index (χ2v) is 8.65. The van der Waals surface area contributed by atoms with Crippen molar-refractivity contribution in [2.24, 2.45) is 5.92 Å². The summed E-state index contributed by atoms with van der Waals surface area (Å²) in [5.74, 6) is -4.44. The fourth-order valence-corrected chi connectivity index (χ4v) is 5.30. The Kier molecular flexibility index (Phi) is 6.18. The molecule has 3 atom stereocenters. The summed E-state index contributed by atoms with van der Waals surface area (Å²) in [6, 6.07) is 8.44. The topological polar surface area (TPSA) is 46.5 Å². The molecule has 156 valence electrons. The van der Waals surface area contributed by atoms with Gasteiger partial charge in [-0.1, -0.05) is 30.3 Å². The molecule has 28 heavy (non-hydrogen) atoms. The van der Waals surface area contributed by atoms with E-state index in [1.54, 1.807) is 30.3 Å². The first-order chi connectivity index (χ1) is 12.8. The summed E-state index contributed by atoms with van der Waals surface area (Å²) in [6.07, 6.45) is 2.25. The Bertz CT molecular complexity index is 696. The number of carbonyl (C=O) groups excluding carboxylic acids is 1. The number of nitrogens with zero attached hydrogens (tertiary/aromatic N) is 1. The Hall–Kier alpha value is -1.05. The van der Waals surface area contributed by atoms with E-state index in [0.717, 1.165) is 37.1 Å². The van der Waals surface area contributed by atoms with Crippen LogP contribution in [0.25, 0.3) is 0 Å². The van der Waals surface area contributed by atoms with Crippen molar-refractivity contribution in [3.63, 3.8) is 0 Å². The number of rotatable bonds is 4. The Morgan fingerprint density at radius 1 is 1.14 bits per heavy atom. The first-order valence-electron chi connectivity index (χ1n) is 10.0. The molecule has 2 aliphatic heterocycles. The summed E-state index contributed by atoms with van der Waals surface area (Å²) in [4.78, 5) is 13.1. The molecule has 7 heteroatoms. The highest BCUT2D eigenvalue weighted by Gasteiger charge is 2.55. The summed E-state index contributed by atoms with van der Waals surface area (Å²) in [5.41, 5.74) is -1.67. The molecule has 2 saturated heterocycles. The van der Waals surface area contributed by atoms with Crippen molar-refractivity contribution in [1.82, 2.24) is 0 Å². The van der Waals surface area contributed by atoms with Gasteiger partial charge in [-0.3, -0.25) is 0 Å². The average molecular weight is 460 g/mol. The monoisotopic (exact) mass is 459 g/mol. The van der Waals surface area contributed by atoms with Crippen LogP contribution in [-0.4, -0.2) is 53.8 Å². The Balaban J connectivity index is 0.00000225. The zero-order chi connectivity index (χ0) is 19.1. The quantitative estimate of drug-likeness (QED) is 0.518. The van der Waals surface area contributed by atoms with Crippen LogP contribution < -0.4 is 17.0 Å². The van der Waals surface area contributed by atoms with Crippen molar-refractivity contribution < 1.29 is 44.9 Å². The van der Waals surface area contributed by atoms with Crippen LogP contribution in [0.1, 0.15) is 44.1 Å². The lowest BCUT2D eigenvalue weighted by Crippen LogP contribution is -3.00. The minimum Gasteiger partial charge on any atom is -1.00 e. The van der Waals surface area contributed by atoms with Gasteiger partial charge in [0.15, 0.2) is 11.7 Å². The van der Waals surface area contributed by atoms with Gasteiger partial charge in [0.05, 0.1) is 19.6 Å². The van der Waals surface area contributed by atoms with Gasteiger partial charge in [-0.25, -0.2) is 13.6 Å². The lowest BCUT2D eigenvalue weighted by atomic mass is 9.80. The first kappa shape index (κ1) is 21.7. The fourth-order valence-electron chi connectivity index (χ4n) is 5.30. The first-order valence-corrected chi connectivity index (χ1v) is 10.0. The third-order valence-corrected chi connectivity index (χ3v) is 6.82. The lowest BCUT2D eigenvalue weighted by Gasteiger charge is -2.33. The second-order valence-electron chi connectivity index (χ2n) is 8.65. The standard InChI is InChI=1S/C21H28F2NO3.BrH/c22-20(23)10-8-17(14-20)21(26,16-6-2-1-3-7-16)19(25)27-18-9-13-24(15-18)11-4-5-12-24;/h1-3,6-7,17-18,26H,4-5,8-15H2;1H/q+1;/p-1/t17-,18-,21+;/m1./s1. The van der Waals surface area contributed by atoms with Crippen LogP contribution in [-0.2, 0) is 15.1 Å². The molecule has 2 heterocycles. The molecule has 1 aromatic carbocycles. The summed E-state index contributed by atoms with van der Waals surface area (Å²) >= 11 is 0. The zero-order valence-electron chi connectivity index (χ0n) is 16.0. The zero-order valence-corrected chi connectivity index (χ0v) is 17.5. The minimum atomic E-state index is -2.84. The maximum absolute atomic E-state index is 13.8. The van der Waals surface area contributed by atoms with Crippen LogP contribution in [0.5, 0.6) is 0 Å². The molecule has 1 aromatic rings. The number of hydrogen-bond donors (Lipinski definition) is 1. The maximum Gasteiger partial charge on any atom is 0.343 e. The van der Waals surface area contributed by atoms with Gasteiger partial charge in [-0.05, 0) is 12.0 Å². The highest BCUT2D eigenvalue weighted by molar-refractivity contribution is 5.82. The van der Waals surface area contributed by atoms with Crippen molar-refractivity contribution in [1.29, 1.82) is 0 Å². The summed E-state index contributed by atoms with van der Waals surface area (Å²) in [6.45, 7) is 4.00. The van der Waals surface area contributed by atoms with E-state index in [-0.39, 0.29) is 35.9 Å². The van der Waals surface area contributed by atoms with E-state index in [9.17, 15) is 18.7 Å². The van der Waals surface area contributed by atoms with Gasteiger partial charge in [0.2, 0.25) is 5.92 Å². The number of carbonyl (C=O) groups is 1. The fraction of sp³-hybridized carbons (Fsp3) is 0.667. The van der Waals surface area contributed by atoms with E-state index in [1.165, 1.54) is 12.8 Å². The molecule has 0 aromatic heterocycles. The van der Waals surface area contributed by atoms with Gasteiger partial charge in [-0.15, -0.1) is 0 Å². The molecule has 1 saturated carbocycles. The molecule has 3 fully saturated rings. The third kappa shape index (κ3) is 3.98. The smallest absolute Gasteiger partial charge is 0.343 e. The summed E-state index contributed by atoms with van der Waals surface area (Å²) in [5, 5.41) is 11.4. The lowest BCUT2D eigenvalue weighted by molar-refractivity contribution is -0.906. The number of quaternary nitrogens is 1. The number of hydrogen-bond acceptors (Lipinski definition) is 3. The van der Waals surface area contributed by atoms with Crippen LogP contribution >= 0.6 is 0 Å². The number of alkyl halides is 2. The molecular weight excluding hydrogens is 432 g/mol. The third-order valence-electron chi connectivity index (χ3n) is 6.82. The van der Waals surface area contributed by atoms with E-state index >= 15 is 0 Å². The molecule has 0 amide bonds. The molecule has 1 N–H and O–H groups in total. The van der Waals surface area contributed by atoms with Crippen molar-refractivity contribution in [2.45, 2.75) is 56.2 Å². The molecule has 3 aliphatic rings. The van der Waals surface area contributed by atoms with Crippen LogP contribution in [0.2, 0.25) is 0 Å². The second kappa shape index (κ2) is 8.00. The van der Waals surface area contributed by atoms with Gasteiger partial charge in [0, 0.05) is 38.0 Å². The van der Waals surface area contributed by atoms with Gasteiger partial charge in [0.1, 0.15) is 6.54 Å². The van der Waals surface area contributed by atoms with Crippen molar-refractivity contribution in [3.05, 3.63) is 35.9 Å². The largest absolute Gasteiger partial charge is 1.00 e. The van der Waals surface area contributed by atoms with Crippen molar-refractivity contribution >= 4 is 5.97 Å². The molecule has 0 radical (unpaired) electrons. The minimum absolute atomic E-state index is 0. The van der Waals surface area contributed by atoms with Crippen molar-refractivity contribution in [3.8, 4) is 0 Å². The maximum atomic E-state index is 13.8.